The van der Waals surface area contributed by atoms with Gasteiger partial charge in [0, 0.05) is 19.2 Å². The first kappa shape index (κ1) is 13.2. The van der Waals surface area contributed by atoms with Gasteiger partial charge in [-0.15, -0.1) is 0 Å². The molecule has 0 aromatic carbocycles. The molecular formula is C10H15N3O4. The Morgan fingerprint density at radius 2 is 2.18 bits per heavy atom. The lowest BCUT2D eigenvalue weighted by Crippen LogP contribution is -2.33. The average Bonchev–Trinajstić information content (AvgIpc) is 2.25. The second-order valence-corrected chi connectivity index (χ2v) is 3.83. The number of aromatic amines is 2. The fraction of sp³-hybridized carbons (Fsp3) is 0.500. The Morgan fingerprint density at radius 3 is 2.76 bits per heavy atom. The molecule has 0 saturated heterocycles. The summed E-state index contributed by atoms with van der Waals surface area (Å²) in [7, 11) is 0. The van der Waals surface area contributed by atoms with Crippen LogP contribution < -0.4 is 16.6 Å². The van der Waals surface area contributed by atoms with Gasteiger partial charge in [0.25, 0.3) is 11.5 Å². The van der Waals surface area contributed by atoms with E-state index in [0.29, 0.717) is 13.0 Å². The van der Waals surface area contributed by atoms with Crippen LogP contribution in [0, 0.1) is 5.92 Å². The van der Waals surface area contributed by atoms with Gasteiger partial charge in [0.05, 0.1) is 0 Å². The Morgan fingerprint density at radius 1 is 1.47 bits per heavy atom. The molecular weight excluding hydrogens is 226 g/mol. The second-order valence-electron chi connectivity index (χ2n) is 3.83. The number of aliphatic hydroxyl groups is 1. The van der Waals surface area contributed by atoms with Crippen molar-refractivity contribution in [1.82, 2.24) is 15.3 Å². The van der Waals surface area contributed by atoms with Crippen molar-refractivity contribution in [2.24, 2.45) is 5.92 Å². The molecule has 17 heavy (non-hydrogen) atoms. The van der Waals surface area contributed by atoms with E-state index in [-0.39, 0.29) is 18.2 Å². The minimum absolute atomic E-state index is 0.0544. The zero-order chi connectivity index (χ0) is 12.8. The van der Waals surface area contributed by atoms with E-state index in [0.717, 1.165) is 6.07 Å². The van der Waals surface area contributed by atoms with Crippen LogP contribution in [-0.4, -0.2) is 34.1 Å². The highest BCUT2D eigenvalue weighted by atomic mass is 16.3. The van der Waals surface area contributed by atoms with Gasteiger partial charge in [-0.3, -0.25) is 14.6 Å². The molecule has 0 spiro atoms. The van der Waals surface area contributed by atoms with Crippen LogP contribution in [0.15, 0.2) is 15.7 Å². The molecule has 1 aromatic rings. The van der Waals surface area contributed by atoms with Gasteiger partial charge in [0.1, 0.15) is 5.69 Å². The molecule has 1 unspecified atom stereocenters. The predicted octanol–water partition coefficient (Wildman–Crippen LogP) is -1.19. The number of carbonyl (C=O) groups is 1. The Balaban J connectivity index is 2.64. The van der Waals surface area contributed by atoms with E-state index in [1.165, 1.54) is 0 Å². The van der Waals surface area contributed by atoms with Crippen molar-refractivity contribution in [2.45, 2.75) is 13.3 Å². The summed E-state index contributed by atoms with van der Waals surface area (Å²) in [5.41, 5.74) is -1.41. The lowest BCUT2D eigenvalue weighted by molar-refractivity contribution is 0.0940. The van der Waals surface area contributed by atoms with Crippen LogP contribution in [0.5, 0.6) is 0 Å². The Kier molecular flexibility index (Phi) is 4.65. The van der Waals surface area contributed by atoms with Gasteiger partial charge in [-0.2, -0.15) is 0 Å². The molecule has 4 N–H and O–H groups in total. The zero-order valence-electron chi connectivity index (χ0n) is 9.45. The summed E-state index contributed by atoms with van der Waals surface area (Å²) >= 11 is 0. The molecule has 1 amide bonds. The summed E-state index contributed by atoms with van der Waals surface area (Å²) in [5, 5.41) is 11.3. The third-order valence-electron chi connectivity index (χ3n) is 2.24. The van der Waals surface area contributed by atoms with Crippen LogP contribution in [0.2, 0.25) is 0 Å². The van der Waals surface area contributed by atoms with Gasteiger partial charge in [0.15, 0.2) is 0 Å². The topological polar surface area (TPSA) is 115 Å². The highest BCUT2D eigenvalue weighted by molar-refractivity contribution is 5.91. The first-order valence-corrected chi connectivity index (χ1v) is 5.25. The molecule has 1 atom stereocenters. The third kappa shape index (κ3) is 4.23. The molecule has 0 aliphatic rings. The van der Waals surface area contributed by atoms with E-state index in [1.54, 1.807) is 0 Å². The quantitative estimate of drug-likeness (QED) is 0.519. The largest absolute Gasteiger partial charge is 0.396 e. The van der Waals surface area contributed by atoms with Gasteiger partial charge in [-0.25, -0.2) is 4.79 Å². The maximum Gasteiger partial charge on any atom is 0.326 e. The van der Waals surface area contributed by atoms with Crippen molar-refractivity contribution in [3.63, 3.8) is 0 Å². The molecule has 0 aliphatic heterocycles. The maximum absolute atomic E-state index is 11.6. The minimum Gasteiger partial charge on any atom is -0.396 e. The van der Waals surface area contributed by atoms with Gasteiger partial charge < -0.3 is 15.4 Å². The van der Waals surface area contributed by atoms with E-state index in [1.807, 2.05) is 11.9 Å². The van der Waals surface area contributed by atoms with Crippen LogP contribution >= 0.6 is 0 Å². The van der Waals surface area contributed by atoms with Crippen molar-refractivity contribution in [1.29, 1.82) is 0 Å². The number of hydrogen-bond acceptors (Lipinski definition) is 4. The van der Waals surface area contributed by atoms with Gasteiger partial charge >= 0.3 is 5.69 Å². The summed E-state index contributed by atoms with van der Waals surface area (Å²) in [6.07, 6.45) is 0.576. The average molecular weight is 241 g/mol. The number of aromatic nitrogens is 2. The molecule has 0 saturated carbocycles. The zero-order valence-corrected chi connectivity index (χ0v) is 9.45. The van der Waals surface area contributed by atoms with Crippen LogP contribution in [0.1, 0.15) is 23.8 Å². The minimum atomic E-state index is -0.717. The lowest BCUT2D eigenvalue weighted by Gasteiger charge is -2.10. The van der Waals surface area contributed by atoms with Crippen molar-refractivity contribution in [3.05, 3.63) is 32.6 Å². The van der Waals surface area contributed by atoms with Crippen LogP contribution in [0.4, 0.5) is 0 Å². The SMILES string of the molecule is CC(CCO)CNC(=O)c1cc(=O)[nH]c(=O)[nH]1. The normalized spacial score (nSPS) is 12.1. The number of amides is 1. The van der Waals surface area contributed by atoms with Crippen molar-refractivity contribution < 1.29 is 9.90 Å². The standard InChI is InChI=1S/C10H15N3O4/c1-6(2-3-14)5-11-9(16)7-4-8(15)13-10(17)12-7/h4,6,14H,2-3,5H2,1H3,(H,11,16)(H2,12,13,15,17). The highest BCUT2D eigenvalue weighted by Crippen LogP contribution is 1.98. The van der Waals surface area contributed by atoms with Crippen molar-refractivity contribution in [2.75, 3.05) is 13.2 Å². The van der Waals surface area contributed by atoms with Crippen molar-refractivity contribution in [3.8, 4) is 0 Å². The molecule has 1 heterocycles. The number of carbonyl (C=O) groups excluding carboxylic acids is 1. The third-order valence-corrected chi connectivity index (χ3v) is 2.24. The summed E-state index contributed by atoms with van der Waals surface area (Å²) in [6, 6.07) is 1.02. The van der Waals surface area contributed by atoms with Gasteiger partial charge in [-0.05, 0) is 12.3 Å². The maximum atomic E-state index is 11.6. The fourth-order valence-electron chi connectivity index (χ4n) is 1.28. The Bertz CT molecular complexity index is 463. The van der Waals surface area contributed by atoms with E-state index >= 15 is 0 Å². The van der Waals surface area contributed by atoms with Crippen molar-refractivity contribution >= 4 is 5.91 Å². The molecule has 7 nitrogen and oxygen atoms in total. The number of aliphatic hydroxyl groups excluding tert-OH is 1. The Labute approximate surface area is 96.9 Å². The monoisotopic (exact) mass is 241 g/mol. The van der Waals surface area contributed by atoms with Crippen LogP contribution in [0.25, 0.3) is 0 Å². The first-order chi connectivity index (χ1) is 8.02. The van der Waals surface area contributed by atoms with Gasteiger partial charge in [-0.1, -0.05) is 6.92 Å². The summed E-state index contributed by atoms with van der Waals surface area (Å²) in [4.78, 5) is 37.7. The summed E-state index contributed by atoms with van der Waals surface area (Å²) in [5.74, 6) is -0.393. The van der Waals surface area contributed by atoms with Crippen LogP contribution in [0.3, 0.4) is 0 Å². The molecule has 0 bridgehead atoms. The fourth-order valence-corrected chi connectivity index (χ4v) is 1.28. The summed E-state index contributed by atoms with van der Waals surface area (Å²) in [6.45, 7) is 2.30. The van der Waals surface area contributed by atoms with Gasteiger partial charge in [0.2, 0.25) is 0 Å². The molecule has 1 aromatic heterocycles. The van der Waals surface area contributed by atoms with E-state index < -0.39 is 17.2 Å². The molecule has 0 fully saturated rings. The number of H-pyrrole nitrogens is 2. The first-order valence-electron chi connectivity index (χ1n) is 5.25. The van der Waals surface area contributed by atoms with E-state index in [4.69, 9.17) is 5.11 Å². The molecule has 1 rings (SSSR count). The van der Waals surface area contributed by atoms with Crippen LogP contribution in [-0.2, 0) is 0 Å². The predicted molar refractivity (Wildman–Crippen MR) is 60.9 cm³/mol. The lowest BCUT2D eigenvalue weighted by atomic mass is 10.1. The number of rotatable bonds is 5. The molecule has 0 radical (unpaired) electrons. The summed E-state index contributed by atoms with van der Waals surface area (Å²) < 4.78 is 0. The van der Waals surface area contributed by atoms with E-state index in [9.17, 15) is 14.4 Å². The smallest absolute Gasteiger partial charge is 0.326 e. The highest BCUT2D eigenvalue weighted by Gasteiger charge is 2.09. The van der Waals surface area contributed by atoms with E-state index in [2.05, 4.69) is 10.3 Å². The molecule has 0 aliphatic carbocycles. The number of nitrogens with one attached hydrogen (secondary N) is 3. The molecule has 7 heteroatoms. The molecule has 94 valence electrons. The Hall–Kier alpha value is -1.89. The second kappa shape index (κ2) is 6.00. The number of hydrogen-bond donors (Lipinski definition) is 4.